The third kappa shape index (κ3) is 4.68. The van der Waals surface area contributed by atoms with E-state index in [9.17, 15) is 9.59 Å². The van der Waals surface area contributed by atoms with Crippen molar-refractivity contribution in [1.82, 2.24) is 9.88 Å². The van der Waals surface area contributed by atoms with Crippen molar-refractivity contribution in [2.24, 2.45) is 5.92 Å². The van der Waals surface area contributed by atoms with Gasteiger partial charge in [0, 0.05) is 19.3 Å². The van der Waals surface area contributed by atoms with Crippen LogP contribution in [0.1, 0.15) is 29.5 Å². The first-order valence-corrected chi connectivity index (χ1v) is 9.61. The molecule has 2 aromatic rings. The molecule has 1 aliphatic rings. The van der Waals surface area contributed by atoms with Gasteiger partial charge >= 0.3 is 0 Å². The topological polar surface area (TPSA) is 71.5 Å². The van der Waals surface area contributed by atoms with Gasteiger partial charge < -0.3 is 15.0 Å². The molecule has 0 bridgehead atoms. The van der Waals surface area contributed by atoms with Crippen LogP contribution in [0.3, 0.4) is 0 Å². The van der Waals surface area contributed by atoms with Gasteiger partial charge in [-0.3, -0.25) is 9.59 Å². The second-order valence-electron chi connectivity index (χ2n) is 7.32. The molecule has 1 atom stereocenters. The number of aryl methyl sites for hydroxylation is 2. The number of rotatable bonds is 5. The number of methoxy groups -OCH3 is 1. The van der Waals surface area contributed by atoms with Crippen LogP contribution >= 0.6 is 0 Å². The highest BCUT2D eigenvalue weighted by Gasteiger charge is 2.28. The van der Waals surface area contributed by atoms with Gasteiger partial charge in [0.25, 0.3) is 0 Å². The number of aromatic nitrogens is 1. The molecule has 1 aromatic carbocycles. The number of nitrogens with zero attached hydrogens (tertiary/aromatic N) is 2. The number of piperidine rings is 1. The third-order valence-electron chi connectivity index (χ3n) is 5.22. The molecule has 1 aromatic heterocycles. The number of ether oxygens (including phenoxy) is 1. The van der Waals surface area contributed by atoms with E-state index in [1.165, 1.54) is 0 Å². The molecular formula is C22H27N3O3. The molecule has 1 saturated heterocycles. The lowest BCUT2D eigenvalue weighted by Gasteiger charge is -2.32. The SMILES string of the molecule is COc1cc(CC(=O)N2CCCC(C(=O)Nc3ncccc3C)C2)ccc1C. The first-order valence-electron chi connectivity index (χ1n) is 9.61. The van der Waals surface area contributed by atoms with Crippen LogP contribution in [-0.2, 0) is 16.0 Å². The van der Waals surface area contributed by atoms with E-state index < -0.39 is 0 Å². The standard InChI is InChI=1S/C22H27N3O3/c1-15-8-9-17(12-19(15)28-3)13-20(26)25-11-5-7-18(14-25)22(27)24-21-16(2)6-4-10-23-21/h4,6,8-10,12,18H,5,7,11,13-14H2,1-3H3,(H,23,24,27). The zero-order chi connectivity index (χ0) is 20.1. The van der Waals surface area contributed by atoms with Gasteiger partial charge in [-0.05, 0) is 55.5 Å². The summed E-state index contributed by atoms with van der Waals surface area (Å²) in [7, 11) is 1.63. The Bertz CT molecular complexity index is 866. The Morgan fingerprint density at radius 2 is 2.07 bits per heavy atom. The van der Waals surface area contributed by atoms with Gasteiger partial charge in [0.15, 0.2) is 0 Å². The molecule has 3 rings (SSSR count). The van der Waals surface area contributed by atoms with Crippen molar-refractivity contribution < 1.29 is 14.3 Å². The van der Waals surface area contributed by atoms with Crippen LogP contribution in [0, 0.1) is 19.8 Å². The predicted molar refractivity (Wildman–Crippen MR) is 108 cm³/mol. The van der Waals surface area contributed by atoms with Gasteiger partial charge in [0.2, 0.25) is 11.8 Å². The molecule has 1 aliphatic heterocycles. The van der Waals surface area contributed by atoms with E-state index in [4.69, 9.17) is 4.74 Å². The van der Waals surface area contributed by atoms with E-state index in [1.54, 1.807) is 18.2 Å². The fraction of sp³-hybridized carbons (Fsp3) is 0.409. The predicted octanol–water partition coefficient (Wildman–Crippen LogP) is 3.13. The molecule has 6 heteroatoms. The normalized spacial score (nSPS) is 16.5. The third-order valence-corrected chi connectivity index (χ3v) is 5.22. The first kappa shape index (κ1) is 19.9. The molecule has 2 amide bonds. The second kappa shape index (κ2) is 8.87. The number of hydrogen-bond donors (Lipinski definition) is 1. The van der Waals surface area contributed by atoms with Gasteiger partial charge in [-0.1, -0.05) is 18.2 Å². The molecular weight excluding hydrogens is 354 g/mol. The molecule has 148 valence electrons. The van der Waals surface area contributed by atoms with Crippen LogP contribution in [-0.4, -0.2) is 41.9 Å². The number of anilines is 1. The molecule has 0 saturated carbocycles. The van der Waals surface area contributed by atoms with Gasteiger partial charge in [0.1, 0.15) is 11.6 Å². The molecule has 6 nitrogen and oxygen atoms in total. The number of pyridine rings is 1. The van der Waals surface area contributed by atoms with Crippen molar-refractivity contribution in [2.75, 3.05) is 25.5 Å². The van der Waals surface area contributed by atoms with Crippen LogP contribution in [0.5, 0.6) is 5.75 Å². The summed E-state index contributed by atoms with van der Waals surface area (Å²) in [6.07, 6.45) is 3.57. The van der Waals surface area contributed by atoms with Crippen LogP contribution in [0.15, 0.2) is 36.5 Å². The summed E-state index contributed by atoms with van der Waals surface area (Å²) in [5.74, 6) is 1.12. The Labute approximate surface area is 165 Å². The van der Waals surface area contributed by atoms with Crippen molar-refractivity contribution in [3.63, 3.8) is 0 Å². The Balaban J connectivity index is 1.61. The van der Waals surface area contributed by atoms with Crippen molar-refractivity contribution in [2.45, 2.75) is 33.1 Å². The maximum absolute atomic E-state index is 12.8. The molecule has 2 heterocycles. The van der Waals surface area contributed by atoms with E-state index in [2.05, 4.69) is 10.3 Å². The van der Waals surface area contributed by atoms with Gasteiger partial charge in [-0.15, -0.1) is 0 Å². The highest BCUT2D eigenvalue weighted by molar-refractivity contribution is 5.93. The molecule has 0 spiro atoms. The largest absolute Gasteiger partial charge is 0.496 e. The number of hydrogen-bond acceptors (Lipinski definition) is 4. The summed E-state index contributed by atoms with van der Waals surface area (Å²) in [5, 5.41) is 2.91. The van der Waals surface area contributed by atoms with Crippen molar-refractivity contribution in [3.8, 4) is 5.75 Å². The number of carbonyl (C=O) groups is 2. The lowest BCUT2D eigenvalue weighted by Crippen LogP contribution is -2.44. The van der Waals surface area contributed by atoms with Crippen molar-refractivity contribution in [1.29, 1.82) is 0 Å². The number of likely N-dealkylation sites (tertiary alicyclic amines) is 1. The minimum Gasteiger partial charge on any atom is -0.496 e. The lowest BCUT2D eigenvalue weighted by atomic mass is 9.96. The maximum Gasteiger partial charge on any atom is 0.230 e. The Morgan fingerprint density at radius 1 is 1.25 bits per heavy atom. The monoisotopic (exact) mass is 381 g/mol. The van der Waals surface area contributed by atoms with E-state index >= 15 is 0 Å². The maximum atomic E-state index is 12.8. The molecule has 0 radical (unpaired) electrons. The number of benzene rings is 1. The summed E-state index contributed by atoms with van der Waals surface area (Å²) >= 11 is 0. The summed E-state index contributed by atoms with van der Waals surface area (Å²) in [4.78, 5) is 31.5. The summed E-state index contributed by atoms with van der Waals surface area (Å²) < 4.78 is 5.34. The Hall–Kier alpha value is -2.89. The number of carbonyl (C=O) groups excluding carboxylic acids is 2. The minimum atomic E-state index is -0.216. The van der Waals surface area contributed by atoms with Gasteiger partial charge in [-0.2, -0.15) is 0 Å². The zero-order valence-electron chi connectivity index (χ0n) is 16.7. The summed E-state index contributed by atoms with van der Waals surface area (Å²) in [5.41, 5.74) is 2.88. The fourth-order valence-corrected chi connectivity index (χ4v) is 3.51. The zero-order valence-corrected chi connectivity index (χ0v) is 16.7. The van der Waals surface area contributed by atoms with Crippen molar-refractivity contribution in [3.05, 3.63) is 53.2 Å². The smallest absolute Gasteiger partial charge is 0.230 e. The first-order chi connectivity index (χ1) is 13.5. The highest BCUT2D eigenvalue weighted by Crippen LogP contribution is 2.22. The number of amides is 2. The Morgan fingerprint density at radius 3 is 2.82 bits per heavy atom. The van der Waals surface area contributed by atoms with Crippen LogP contribution in [0.25, 0.3) is 0 Å². The second-order valence-corrected chi connectivity index (χ2v) is 7.32. The number of nitrogens with one attached hydrogen (secondary N) is 1. The van der Waals surface area contributed by atoms with Crippen LogP contribution < -0.4 is 10.1 Å². The summed E-state index contributed by atoms with van der Waals surface area (Å²) in [6, 6.07) is 9.57. The minimum absolute atomic E-state index is 0.0393. The van der Waals surface area contributed by atoms with Crippen LogP contribution in [0.4, 0.5) is 5.82 Å². The highest BCUT2D eigenvalue weighted by atomic mass is 16.5. The van der Waals surface area contributed by atoms with E-state index in [0.29, 0.717) is 25.3 Å². The van der Waals surface area contributed by atoms with E-state index in [0.717, 1.165) is 35.3 Å². The molecule has 0 aliphatic carbocycles. The van der Waals surface area contributed by atoms with Gasteiger partial charge in [-0.25, -0.2) is 4.98 Å². The molecule has 1 fully saturated rings. The average molecular weight is 381 g/mol. The quantitative estimate of drug-likeness (QED) is 0.864. The van der Waals surface area contributed by atoms with E-state index in [-0.39, 0.29) is 17.7 Å². The summed E-state index contributed by atoms with van der Waals surface area (Å²) in [6.45, 7) is 5.02. The molecule has 1 unspecified atom stereocenters. The van der Waals surface area contributed by atoms with Crippen molar-refractivity contribution >= 4 is 17.6 Å². The average Bonchev–Trinajstić information content (AvgIpc) is 2.71. The molecule has 28 heavy (non-hydrogen) atoms. The Kier molecular flexibility index (Phi) is 6.29. The fourth-order valence-electron chi connectivity index (χ4n) is 3.51. The van der Waals surface area contributed by atoms with E-state index in [1.807, 2.05) is 44.2 Å². The van der Waals surface area contributed by atoms with Gasteiger partial charge in [0.05, 0.1) is 19.4 Å². The van der Waals surface area contributed by atoms with Crippen LogP contribution in [0.2, 0.25) is 0 Å². The lowest BCUT2D eigenvalue weighted by molar-refractivity contribution is -0.133. The molecule has 1 N–H and O–H groups in total.